The lowest BCUT2D eigenvalue weighted by Gasteiger charge is -1.85. The van der Waals surface area contributed by atoms with Crippen molar-refractivity contribution in [3.63, 3.8) is 0 Å². The monoisotopic (exact) mass is 192 g/mol. The summed E-state index contributed by atoms with van der Waals surface area (Å²) >= 11 is 0.734. The molecule has 0 atom stereocenters. The molecule has 60 valence electrons. The first-order chi connectivity index (χ1) is 5.04. The SMILES string of the molecule is O=Cc1ccc(S(=O)(=O)O)s1. The van der Waals surface area contributed by atoms with E-state index in [0.717, 1.165) is 11.3 Å². The maximum absolute atomic E-state index is 10.4. The van der Waals surface area contributed by atoms with Crippen LogP contribution in [0.25, 0.3) is 0 Å². The second kappa shape index (κ2) is 2.72. The molecule has 1 heterocycles. The van der Waals surface area contributed by atoms with E-state index in [0.29, 0.717) is 6.29 Å². The van der Waals surface area contributed by atoms with Gasteiger partial charge in [0, 0.05) is 0 Å². The first-order valence-electron chi connectivity index (χ1n) is 2.56. The molecule has 1 rings (SSSR count). The number of carbonyl (C=O) groups is 1. The highest BCUT2D eigenvalue weighted by Crippen LogP contribution is 2.19. The van der Waals surface area contributed by atoms with Crippen LogP contribution in [0, 0.1) is 0 Å². The van der Waals surface area contributed by atoms with Crippen molar-refractivity contribution < 1.29 is 17.8 Å². The van der Waals surface area contributed by atoms with Crippen molar-refractivity contribution in [2.24, 2.45) is 0 Å². The van der Waals surface area contributed by atoms with Crippen LogP contribution in [0.15, 0.2) is 16.3 Å². The van der Waals surface area contributed by atoms with Gasteiger partial charge in [-0.3, -0.25) is 9.35 Å². The molecule has 0 aliphatic rings. The van der Waals surface area contributed by atoms with Crippen LogP contribution in [0.4, 0.5) is 0 Å². The fourth-order valence-electron chi connectivity index (χ4n) is 0.536. The van der Waals surface area contributed by atoms with E-state index < -0.39 is 10.1 Å². The van der Waals surface area contributed by atoms with E-state index in [1.807, 2.05) is 0 Å². The molecule has 0 unspecified atom stereocenters. The van der Waals surface area contributed by atoms with Crippen molar-refractivity contribution in [3.05, 3.63) is 17.0 Å². The lowest BCUT2D eigenvalue weighted by molar-refractivity contribution is 0.112. The lowest BCUT2D eigenvalue weighted by atomic mass is 10.5. The topological polar surface area (TPSA) is 71.4 Å². The Morgan fingerprint density at radius 3 is 2.36 bits per heavy atom. The molecule has 1 aromatic rings. The van der Waals surface area contributed by atoms with Gasteiger partial charge in [-0.25, -0.2) is 0 Å². The number of rotatable bonds is 2. The average molecular weight is 192 g/mol. The van der Waals surface area contributed by atoms with Gasteiger partial charge < -0.3 is 0 Å². The summed E-state index contributed by atoms with van der Waals surface area (Å²) in [6.07, 6.45) is 0.527. The van der Waals surface area contributed by atoms with Gasteiger partial charge in [0.1, 0.15) is 4.21 Å². The summed E-state index contributed by atoms with van der Waals surface area (Å²) in [5.74, 6) is 0. The van der Waals surface area contributed by atoms with Gasteiger partial charge in [0.15, 0.2) is 6.29 Å². The zero-order chi connectivity index (χ0) is 8.48. The summed E-state index contributed by atoms with van der Waals surface area (Å²) in [5.41, 5.74) is 0. The van der Waals surface area contributed by atoms with Crippen LogP contribution < -0.4 is 0 Å². The van der Waals surface area contributed by atoms with E-state index in [1.54, 1.807) is 0 Å². The first-order valence-corrected chi connectivity index (χ1v) is 4.82. The molecule has 0 bridgehead atoms. The molecule has 0 aliphatic heterocycles. The molecule has 0 aromatic carbocycles. The van der Waals surface area contributed by atoms with Crippen LogP contribution in [-0.2, 0) is 10.1 Å². The predicted molar refractivity (Wildman–Crippen MR) is 39.5 cm³/mol. The summed E-state index contributed by atoms with van der Waals surface area (Å²) in [7, 11) is -4.13. The van der Waals surface area contributed by atoms with Gasteiger partial charge >= 0.3 is 10.1 Å². The second-order valence-corrected chi connectivity index (χ2v) is 4.51. The molecular weight excluding hydrogens is 188 g/mol. The van der Waals surface area contributed by atoms with Crippen LogP contribution in [-0.4, -0.2) is 19.3 Å². The highest BCUT2D eigenvalue weighted by atomic mass is 32.3. The zero-order valence-electron chi connectivity index (χ0n) is 5.22. The Morgan fingerprint density at radius 2 is 2.09 bits per heavy atom. The Labute approximate surface area is 67.2 Å². The second-order valence-electron chi connectivity index (χ2n) is 1.75. The maximum atomic E-state index is 10.4. The van der Waals surface area contributed by atoms with Crippen molar-refractivity contribution in [1.29, 1.82) is 0 Å². The molecule has 0 spiro atoms. The minimum Gasteiger partial charge on any atom is -0.297 e. The Hall–Kier alpha value is -0.720. The van der Waals surface area contributed by atoms with E-state index in [1.165, 1.54) is 12.1 Å². The lowest BCUT2D eigenvalue weighted by Crippen LogP contribution is -1.93. The molecule has 6 heteroatoms. The van der Waals surface area contributed by atoms with Crippen molar-refractivity contribution in [2.75, 3.05) is 0 Å². The van der Waals surface area contributed by atoms with Gasteiger partial charge in [-0.2, -0.15) is 8.42 Å². The molecule has 0 saturated heterocycles. The molecular formula is C5H4O4S2. The van der Waals surface area contributed by atoms with Crippen LogP contribution in [0.2, 0.25) is 0 Å². The standard InChI is InChI=1S/C5H4O4S2/c6-3-4-1-2-5(10-4)11(7,8)9/h1-3H,(H,7,8,9). The molecule has 0 fully saturated rings. The summed E-state index contributed by atoms with van der Waals surface area (Å²) in [6, 6.07) is 2.52. The number of hydrogen-bond donors (Lipinski definition) is 1. The Morgan fingerprint density at radius 1 is 1.45 bits per heavy atom. The van der Waals surface area contributed by atoms with Crippen LogP contribution in [0.3, 0.4) is 0 Å². The van der Waals surface area contributed by atoms with E-state index in [-0.39, 0.29) is 9.09 Å². The van der Waals surface area contributed by atoms with Gasteiger partial charge in [-0.15, -0.1) is 11.3 Å². The van der Waals surface area contributed by atoms with Crippen LogP contribution in [0.1, 0.15) is 9.67 Å². The van der Waals surface area contributed by atoms with E-state index in [4.69, 9.17) is 4.55 Å². The highest BCUT2D eigenvalue weighted by Gasteiger charge is 2.11. The molecule has 4 nitrogen and oxygen atoms in total. The van der Waals surface area contributed by atoms with Crippen molar-refractivity contribution in [3.8, 4) is 0 Å². The average Bonchev–Trinajstić information content (AvgIpc) is 2.32. The summed E-state index contributed by atoms with van der Waals surface area (Å²) in [5, 5.41) is 0. The molecule has 0 radical (unpaired) electrons. The summed E-state index contributed by atoms with van der Waals surface area (Å²) < 4.78 is 29.1. The van der Waals surface area contributed by atoms with Crippen LogP contribution in [0.5, 0.6) is 0 Å². The van der Waals surface area contributed by atoms with E-state index in [2.05, 4.69) is 0 Å². The highest BCUT2D eigenvalue weighted by molar-refractivity contribution is 7.88. The van der Waals surface area contributed by atoms with Crippen molar-refractivity contribution in [2.45, 2.75) is 4.21 Å². The van der Waals surface area contributed by atoms with Gasteiger partial charge in [0.25, 0.3) is 0 Å². The Bertz CT molecular complexity index is 362. The fourth-order valence-corrected chi connectivity index (χ4v) is 2.04. The molecule has 0 aliphatic carbocycles. The normalized spacial score (nSPS) is 11.4. The molecule has 0 amide bonds. The van der Waals surface area contributed by atoms with Gasteiger partial charge in [-0.1, -0.05) is 0 Å². The molecule has 1 aromatic heterocycles. The number of carbonyl (C=O) groups excluding carboxylic acids is 1. The third-order valence-corrected chi connectivity index (χ3v) is 3.30. The van der Waals surface area contributed by atoms with Crippen molar-refractivity contribution in [1.82, 2.24) is 0 Å². The summed E-state index contributed by atoms with van der Waals surface area (Å²) in [4.78, 5) is 10.4. The molecule has 1 N–H and O–H groups in total. The molecule has 11 heavy (non-hydrogen) atoms. The zero-order valence-corrected chi connectivity index (χ0v) is 6.85. The largest absolute Gasteiger partial charge is 0.304 e. The number of aldehydes is 1. The minimum absolute atomic E-state index is 0.209. The smallest absolute Gasteiger partial charge is 0.297 e. The van der Waals surface area contributed by atoms with E-state index in [9.17, 15) is 13.2 Å². The third kappa shape index (κ3) is 1.86. The Balaban J connectivity index is 3.18. The minimum atomic E-state index is -4.13. The maximum Gasteiger partial charge on any atom is 0.304 e. The fraction of sp³-hybridized carbons (Fsp3) is 0. The van der Waals surface area contributed by atoms with Gasteiger partial charge in [0.05, 0.1) is 4.88 Å². The van der Waals surface area contributed by atoms with E-state index >= 15 is 0 Å². The predicted octanol–water partition coefficient (Wildman–Crippen LogP) is 0.807. The number of hydrogen-bond acceptors (Lipinski definition) is 4. The van der Waals surface area contributed by atoms with Crippen LogP contribution >= 0.6 is 11.3 Å². The van der Waals surface area contributed by atoms with Crippen molar-refractivity contribution >= 4 is 27.7 Å². The first kappa shape index (κ1) is 8.38. The number of thiophene rings is 1. The summed E-state index contributed by atoms with van der Waals surface area (Å²) in [6.45, 7) is 0. The third-order valence-electron chi connectivity index (χ3n) is 0.973. The Kier molecular flexibility index (Phi) is 2.08. The molecule has 0 saturated carbocycles. The van der Waals surface area contributed by atoms with Gasteiger partial charge in [0.2, 0.25) is 0 Å². The van der Waals surface area contributed by atoms with Gasteiger partial charge in [-0.05, 0) is 12.1 Å². The quantitative estimate of drug-likeness (QED) is 0.556.